The van der Waals surface area contributed by atoms with Gasteiger partial charge in [-0.15, -0.1) is 0 Å². The zero-order chi connectivity index (χ0) is 17.0. The molecule has 0 amide bonds. The Kier molecular flexibility index (Phi) is 5.52. The average Bonchev–Trinajstić information content (AvgIpc) is 3.11. The molecule has 3 rings (SSSR count). The Hall–Kier alpha value is -2.18. The van der Waals surface area contributed by atoms with E-state index in [1.54, 1.807) is 0 Å². The van der Waals surface area contributed by atoms with Crippen LogP contribution in [0.4, 0.5) is 0 Å². The summed E-state index contributed by atoms with van der Waals surface area (Å²) in [6, 6.07) is 0. The van der Waals surface area contributed by atoms with Gasteiger partial charge in [-0.1, -0.05) is 0 Å². The third kappa shape index (κ3) is 3.28. The van der Waals surface area contributed by atoms with E-state index < -0.39 is 31.1 Å². The molecule has 11 nitrogen and oxygen atoms in total. The van der Waals surface area contributed by atoms with Crippen LogP contribution < -0.4 is 0 Å². The number of aromatic nitrogens is 4. The quantitative estimate of drug-likeness (QED) is 0.374. The molecule has 3 heterocycles. The third-order valence-corrected chi connectivity index (χ3v) is 3.21. The predicted octanol–water partition coefficient (Wildman–Crippen LogP) is -2.68. The predicted molar refractivity (Wildman–Crippen MR) is 73.1 cm³/mol. The fourth-order valence-electron chi connectivity index (χ4n) is 2.14. The molecule has 126 valence electrons. The molecule has 5 N–H and O–H groups in total. The first-order valence-electron chi connectivity index (χ1n) is 6.58. The number of aliphatic hydroxyl groups excluding tert-OH is 4. The maximum atomic E-state index is 9.92. The summed E-state index contributed by atoms with van der Waals surface area (Å²) in [5.41, 5.74) is 0.433. The summed E-state index contributed by atoms with van der Waals surface area (Å²) >= 11 is 0. The largest absolute Gasteiger partial charge is 0.492 e. The van der Waals surface area contributed by atoms with Crippen molar-refractivity contribution in [2.45, 2.75) is 24.5 Å². The molecule has 11 heteroatoms. The Bertz CT molecular complexity index is 664. The van der Waals surface area contributed by atoms with E-state index >= 15 is 0 Å². The van der Waals surface area contributed by atoms with Crippen molar-refractivity contribution in [1.29, 1.82) is 0 Å². The zero-order valence-electron chi connectivity index (χ0n) is 11.8. The van der Waals surface area contributed by atoms with Crippen LogP contribution in [0.1, 0.15) is 6.23 Å². The first-order chi connectivity index (χ1) is 11.0. The van der Waals surface area contributed by atoms with Gasteiger partial charge in [-0.05, 0) is 0 Å². The summed E-state index contributed by atoms with van der Waals surface area (Å²) in [6.45, 7) is -0.776. The van der Waals surface area contributed by atoms with Crippen LogP contribution >= 0.6 is 0 Å². The van der Waals surface area contributed by atoms with E-state index in [-0.39, 0.29) is 23.7 Å². The van der Waals surface area contributed by atoms with E-state index in [0.717, 1.165) is 6.33 Å². The second-order valence-electron chi connectivity index (χ2n) is 4.60. The number of rotatable bonds is 3. The molecule has 23 heavy (non-hydrogen) atoms. The van der Waals surface area contributed by atoms with Crippen LogP contribution in [0.3, 0.4) is 0 Å². The average molecular weight is 328 g/mol. The lowest BCUT2D eigenvalue weighted by atomic mass is 10.1. The minimum Gasteiger partial charge on any atom is -0.492 e. The zero-order valence-corrected chi connectivity index (χ0v) is 11.8. The molecular weight excluding hydrogens is 312 g/mol. The van der Waals surface area contributed by atoms with Crippen molar-refractivity contribution >= 4 is 17.5 Å². The summed E-state index contributed by atoms with van der Waals surface area (Å²) in [5.74, 6) is -0.282. The van der Waals surface area contributed by atoms with Gasteiger partial charge < -0.3 is 35.1 Å². The monoisotopic (exact) mass is 328 g/mol. The second-order valence-corrected chi connectivity index (χ2v) is 4.60. The Morgan fingerprint density at radius 2 is 1.91 bits per heavy atom. The SMILES string of the molecule is O=CCO.OC[C@H]1O[C@@H](n2cnc3c(O)ncnc32)[C@H](O)[C@@H]1O. The van der Waals surface area contributed by atoms with Crippen molar-refractivity contribution in [1.82, 2.24) is 19.5 Å². The number of imidazole rings is 1. The molecule has 1 aliphatic rings. The van der Waals surface area contributed by atoms with E-state index in [9.17, 15) is 15.3 Å². The van der Waals surface area contributed by atoms with Gasteiger partial charge in [0, 0.05) is 0 Å². The van der Waals surface area contributed by atoms with Gasteiger partial charge in [-0.25, -0.2) is 9.97 Å². The van der Waals surface area contributed by atoms with E-state index in [2.05, 4.69) is 15.0 Å². The molecule has 1 aliphatic heterocycles. The fraction of sp³-hybridized carbons (Fsp3) is 0.500. The molecule has 0 radical (unpaired) electrons. The van der Waals surface area contributed by atoms with Gasteiger partial charge in [0.05, 0.1) is 19.5 Å². The maximum absolute atomic E-state index is 9.92. The van der Waals surface area contributed by atoms with Gasteiger partial charge in [0.1, 0.15) is 30.9 Å². The maximum Gasteiger partial charge on any atom is 0.242 e. The molecule has 1 saturated heterocycles. The van der Waals surface area contributed by atoms with Crippen LogP contribution in [0.2, 0.25) is 0 Å². The van der Waals surface area contributed by atoms with Gasteiger partial charge in [-0.2, -0.15) is 4.98 Å². The molecule has 0 aliphatic carbocycles. The summed E-state index contributed by atoms with van der Waals surface area (Å²) in [5, 5.41) is 45.7. The minimum absolute atomic E-state index is 0.167. The number of fused-ring (bicyclic) bond motifs is 1. The molecule has 0 unspecified atom stereocenters. The number of ether oxygens (including phenoxy) is 1. The topological polar surface area (TPSA) is 171 Å². The highest BCUT2D eigenvalue weighted by Crippen LogP contribution is 2.32. The smallest absolute Gasteiger partial charge is 0.242 e. The Balaban J connectivity index is 0.000000433. The molecule has 0 spiro atoms. The van der Waals surface area contributed by atoms with E-state index in [1.807, 2.05) is 0 Å². The van der Waals surface area contributed by atoms with Crippen molar-refractivity contribution in [3.05, 3.63) is 12.7 Å². The number of carbonyl (C=O) groups excluding carboxylic acids is 1. The van der Waals surface area contributed by atoms with Crippen molar-refractivity contribution in [2.24, 2.45) is 0 Å². The van der Waals surface area contributed by atoms with E-state index in [4.69, 9.17) is 19.7 Å². The number of hydrogen-bond donors (Lipinski definition) is 5. The lowest BCUT2D eigenvalue weighted by molar-refractivity contribution is -0.110. The molecule has 2 aromatic heterocycles. The molecule has 2 aromatic rings. The van der Waals surface area contributed by atoms with Gasteiger partial charge in [0.2, 0.25) is 5.88 Å². The van der Waals surface area contributed by atoms with Crippen molar-refractivity contribution in [2.75, 3.05) is 13.2 Å². The highest BCUT2D eigenvalue weighted by atomic mass is 16.6. The van der Waals surface area contributed by atoms with Gasteiger partial charge >= 0.3 is 0 Å². The van der Waals surface area contributed by atoms with Gasteiger partial charge in [0.25, 0.3) is 0 Å². The van der Waals surface area contributed by atoms with Crippen molar-refractivity contribution in [3.8, 4) is 5.88 Å². The van der Waals surface area contributed by atoms with Gasteiger partial charge in [-0.3, -0.25) is 4.57 Å². The number of hydrogen-bond acceptors (Lipinski definition) is 10. The van der Waals surface area contributed by atoms with Crippen LogP contribution in [0.15, 0.2) is 12.7 Å². The highest BCUT2D eigenvalue weighted by Gasteiger charge is 2.43. The van der Waals surface area contributed by atoms with Crippen LogP contribution in [0.25, 0.3) is 11.2 Å². The molecule has 1 fully saturated rings. The van der Waals surface area contributed by atoms with Gasteiger partial charge in [0.15, 0.2) is 17.4 Å². The number of aromatic hydroxyl groups is 1. The summed E-state index contributed by atoms with van der Waals surface area (Å²) in [4.78, 5) is 20.4. The summed E-state index contributed by atoms with van der Waals surface area (Å²) in [7, 11) is 0. The normalized spacial score (nSPS) is 26.8. The minimum atomic E-state index is -1.23. The summed E-state index contributed by atoms with van der Waals surface area (Å²) in [6.07, 6.45) is -1.36. The molecule has 4 atom stereocenters. The summed E-state index contributed by atoms with van der Waals surface area (Å²) < 4.78 is 6.73. The molecule has 0 saturated carbocycles. The van der Waals surface area contributed by atoms with E-state index in [0.29, 0.717) is 6.29 Å². The second kappa shape index (κ2) is 7.39. The van der Waals surface area contributed by atoms with Crippen LogP contribution in [0, 0.1) is 0 Å². The number of aliphatic hydroxyl groups is 4. The third-order valence-electron chi connectivity index (χ3n) is 3.21. The molecular formula is C12H16N4O7. The Morgan fingerprint density at radius 1 is 1.22 bits per heavy atom. The van der Waals surface area contributed by atoms with Crippen molar-refractivity contribution < 1.29 is 35.1 Å². The first-order valence-corrected chi connectivity index (χ1v) is 6.58. The van der Waals surface area contributed by atoms with Crippen molar-refractivity contribution in [3.63, 3.8) is 0 Å². The molecule has 0 bridgehead atoms. The Labute approximate surface area is 129 Å². The number of carbonyl (C=O) groups is 1. The standard InChI is InChI=1S/C10H12N4O5.C2H4O2/c15-1-4-6(16)7(17)10(19-4)14-3-13-5-8(14)11-2-12-9(5)18;3-1-2-4/h2-4,6-7,10,15-17H,1H2,(H,11,12,18);1,4H,2H2/t4-,6-,7-,10-;/m1./s1. The fourth-order valence-corrected chi connectivity index (χ4v) is 2.14. The first kappa shape index (κ1) is 17.2. The highest BCUT2D eigenvalue weighted by molar-refractivity contribution is 5.75. The van der Waals surface area contributed by atoms with Crippen LogP contribution in [-0.2, 0) is 9.53 Å². The Morgan fingerprint density at radius 3 is 2.48 bits per heavy atom. The lowest BCUT2D eigenvalue weighted by Gasteiger charge is -2.16. The van der Waals surface area contributed by atoms with Crippen LogP contribution in [0.5, 0.6) is 5.88 Å². The number of nitrogens with zero attached hydrogens (tertiary/aromatic N) is 4. The van der Waals surface area contributed by atoms with Crippen LogP contribution in [-0.4, -0.2) is 82.9 Å². The number of aldehydes is 1. The molecule has 0 aromatic carbocycles. The lowest BCUT2D eigenvalue weighted by Crippen LogP contribution is -2.33. The van der Waals surface area contributed by atoms with E-state index in [1.165, 1.54) is 10.9 Å².